The number of nitrogen functional groups attached to an aromatic ring is 1. The molecule has 17 heavy (non-hydrogen) atoms. The Balaban J connectivity index is 2.37. The second-order valence-electron chi connectivity index (χ2n) is 3.29. The first-order valence-corrected chi connectivity index (χ1v) is 5.50. The van der Waals surface area contributed by atoms with Crippen LogP contribution < -0.4 is 11.1 Å². The van der Waals surface area contributed by atoms with Crippen LogP contribution in [0.3, 0.4) is 0 Å². The number of aromatic nitrogens is 1. The van der Waals surface area contributed by atoms with E-state index in [2.05, 4.69) is 26.2 Å². The number of nitrogens with zero attached hydrogens (tertiary/aromatic N) is 1. The van der Waals surface area contributed by atoms with Gasteiger partial charge in [0.25, 0.3) is 0 Å². The fourth-order valence-electron chi connectivity index (χ4n) is 1.26. The van der Waals surface area contributed by atoms with Gasteiger partial charge < -0.3 is 11.1 Å². The molecule has 0 saturated carbocycles. The summed E-state index contributed by atoms with van der Waals surface area (Å²) in [5.41, 5.74) is 5.89. The van der Waals surface area contributed by atoms with Crippen LogP contribution in [0.5, 0.6) is 0 Å². The summed E-state index contributed by atoms with van der Waals surface area (Å²) in [5, 5.41) is 2.73. The van der Waals surface area contributed by atoms with Crippen LogP contribution in [-0.4, -0.2) is 4.98 Å². The zero-order valence-electron chi connectivity index (χ0n) is 8.55. The van der Waals surface area contributed by atoms with Crippen molar-refractivity contribution in [1.82, 2.24) is 4.98 Å². The van der Waals surface area contributed by atoms with Gasteiger partial charge in [0.15, 0.2) is 23.3 Å². The first-order valence-electron chi connectivity index (χ1n) is 4.71. The lowest BCUT2D eigenvalue weighted by Crippen LogP contribution is -2.03. The van der Waals surface area contributed by atoms with Gasteiger partial charge in [-0.05, 0) is 28.1 Å². The van der Waals surface area contributed by atoms with Crippen molar-refractivity contribution >= 4 is 33.3 Å². The first-order chi connectivity index (χ1) is 8.08. The third-order valence-electron chi connectivity index (χ3n) is 2.08. The second kappa shape index (κ2) is 4.67. The van der Waals surface area contributed by atoms with Gasteiger partial charge in [0.1, 0.15) is 0 Å². The molecule has 3 N–H and O–H groups in total. The van der Waals surface area contributed by atoms with Crippen molar-refractivity contribution in [2.75, 3.05) is 11.1 Å². The number of hydrogen-bond donors (Lipinski definition) is 2. The number of rotatable bonds is 2. The highest BCUT2D eigenvalue weighted by molar-refractivity contribution is 9.10. The van der Waals surface area contributed by atoms with Crippen molar-refractivity contribution < 1.29 is 8.78 Å². The molecule has 0 spiro atoms. The average molecular weight is 300 g/mol. The topological polar surface area (TPSA) is 50.9 Å². The van der Waals surface area contributed by atoms with E-state index in [9.17, 15) is 8.78 Å². The van der Waals surface area contributed by atoms with Crippen molar-refractivity contribution in [3.8, 4) is 0 Å². The zero-order chi connectivity index (χ0) is 12.4. The summed E-state index contributed by atoms with van der Waals surface area (Å²) in [4.78, 5) is 3.60. The molecule has 0 radical (unpaired) electrons. The largest absolute Gasteiger partial charge is 0.381 e. The van der Waals surface area contributed by atoms with Gasteiger partial charge in [-0.15, -0.1) is 0 Å². The molecule has 0 aliphatic rings. The lowest BCUT2D eigenvalue weighted by molar-refractivity contribution is 0.581. The maximum absolute atomic E-state index is 13.4. The molecule has 0 saturated heterocycles. The molecule has 0 aliphatic heterocycles. The average Bonchev–Trinajstić information content (AvgIpc) is 2.29. The van der Waals surface area contributed by atoms with E-state index in [1.54, 1.807) is 18.2 Å². The molecule has 2 rings (SSSR count). The van der Waals surface area contributed by atoms with Crippen molar-refractivity contribution in [2.24, 2.45) is 0 Å². The summed E-state index contributed by atoms with van der Waals surface area (Å²) in [7, 11) is 0. The summed E-state index contributed by atoms with van der Waals surface area (Å²) in [6.45, 7) is 0. The number of nitrogens with one attached hydrogen (secondary N) is 1. The molecular formula is C11H8BrF2N3. The Kier molecular flexibility index (Phi) is 3.23. The Morgan fingerprint density at radius 2 is 1.88 bits per heavy atom. The highest BCUT2D eigenvalue weighted by atomic mass is 79.9. The maximum atomic E-state index is 13.4. The van der Waals surface area contributed by atoms with E-state index >= 15 is 0 Å². The Labute approximate surface area is 105 Å². The Bertz CT molecular complexity index is 560. The molecule has 0 amide bonds. The van der Waals surface area contributed by atoms with Crippen LogP contribution in [0.1, 0.15) is 0 Å². The Hall–Kier alpha value is -1.69. The maximum Gasteiger partial charge on any atom is 0.169 e. The van der Waals surface area contributed by atoms with E-state index in [1.165, 1.54) is 0 Å². The van der Waals surface area contributed by atoms with Gasteiger partial charge in [-0.2, -0.15) is 0 Å². The third-order valence-corrected chi connectivity index (χ3v) is 2.78. The van der Waals surface area contributed by atoms with Crippen molar-refractivity contribution in [3.63, 3.8) is 0 Å². The second-order valence-corrected chi connectivity index (χ2v) is 4.15. The number of anilines is 3. The van der Waals surface area contributed by atoms with Crippen LogP contribution in [0.25, 0.3) is 0 Å². The lowest BCUT2D eigenvalue weighted by atomic mass is 10.3. The highest BCUT2D eigenvalue weighted by Gasteiger charge is 2.10. The predicted molar refractivity (Wildman–Crippen MR) is 66.0 cm³/mol. The minimum atomic E-state index is -0.875. The number of para-hydroxylation sites is 1. The molecule has 6 heteroatoms. The van der Waals surface area contributed by atoms with Crippen molar-refractivity contribution in [2.45, 2.75) is 0 Å². The summed E-state index contributed by atoms with van der Waals surface area (Å²) in [5.74, 6) is -2.13. The molecule has 88 valence electrons. The lowest BCUT2D eigenvalue weighted by Gasteiger charge is -2.09. The summed E-state index contributed by atoms with van der Waals surface area (Å²) >= 11 is 3.29. The zero-order valence-corrected chi connectivity index (χ0v) is 10.1. The monoisotopic (exact) mass is 299 g/mol. The van der Waals surface area contributed by atoms with E-state index in [-0.39, 0.29) is 11.6 Å². The Morgan fingerprint density at radius 3 is 2.59 bits per heavy atom. The number of nitrogens with two attached hydrogens (primary N) is 1. The van der Waals surface area contributed by atoms with Gasteiger partial charge in [-0.3, -0.25) is 0 Å². The van der Waals surface area contributed by atoms with Crippen LogP contribution in [0, 0.1) is 11.6 Å². The van der Waals surface area contributed by atoms with Crippen LogP contribution in [0.4, 0.5) is 26.1 Å². The van der Waals surface area contributed by atoms with E-state index in [4.69, 9.17) is 5.73 Å². The molecule has 1 aromatic carbocycles. The number of pyridine rings is 1. The molecule has 0 atom stereocenters. The van der Waals surface area contributed by atoms with Gasteiger partial charge in [0.05, 0.1) is 5.69 Å². The van der Waals surface area contributed by atoms with E-state index in [1.807, 2.05) is 6.07 Å². The minimum absolute atomic E-state index is 0.115. The third kappa shape index (κ3) is 2.52. The molecule has 0 aliphatic carbocycles. The van der Waals surface area contributed by atoms with Crippen LogP contribution >= 0.6 is 15.9 Å². The fraction of sp³-hybridized carbons (Fsp3) is 0. The van der Waals surface area contributed by atoms with E-state index in [0.717, 1.165) is 4.47 Å². The standard InChI is InChI=1S/C11H8BrF2N3/c12-6-3-1-2-4-9(6)16-11-8(14)5-7(13)10(15)17-11/h1-5H,(H3,15,16,17). The summed E-state index contributed by atoms with van der Waals surface area (Å²) in [6, 6.07) is 7.80. The summed E-state index contributed by atoms with van der Waals surface area (Å²) < 4.78 is 27.1. The summed E-state index contributed by atoms with van der Waals surface area (Å²) in [6.07, 6.45) is 0. The first kappa shape index (κ1) is 11.8. The quantitative estimate of drug-likeness (QED) is 0.893. The Morgan fingerprint density at radius 1 is 1.18 bits per heavy atom. The predicted octanol–water partition coefficient (Wildman–Crippen LogP) is 3.45. The normalized spacial score (nSPS) is 10.3. The molecule has 0 fully saturated rings. The molecule has 1 heterocycles. The van der Waals surface area contributed by atoms with Gasteiger partial charge in [0.2, 0.25) is 0 Å². The SMILES string of the molecule is Nc1nc(Nc2ccccc2Br)c(F)cc1F. The van der Waals surface area contributed by atoms with Crippen LogP contribution in [0.15, 0.2) is 34.8 Å². The molecule has 1 aromatic heterocycles. The van der Waals surface area contributed by atoms with E-state index in [0.29, 0.717) is 11.8 Å². The van der Waals surface area contributed by atoms with E-state index < -0.39 is 11.6 Å². The van der Waals surface area contributed by atoms with Gasteiger partial charge in [-0.25, -0.2) is 13.8 Å². The fourth-order valence-corrected chi connectivity index (χ4v) is 1.64. The van der Waals surface area contributed by atoms with Gasteiger partial charge in [0, 0.05) is 10.5 Å². The molecule has 3 nitrogen and oxygen atoms in total. The smallest absolute Gasteiger partial charge is 0.169 e. The number of benzene rings is 1. The van der Waals surface area contributed by atoms with Crippen LogP contribution in [0.2, 0.25) is 0 Å². The van der Waals surface area contributed by atoms with Gasteiger partial charge >= 0.3 is 0 Å². The number of halogens is 3. The van der Waals surface area contributed by atoms with Crippen LogP contribution in [-0.2, 0) is 0 Å². The van der Waals surface area contributed by atoms with Gasteiger partial charge in [-0.1, -0.05) is 12.1 Å². The van der Waals surface area contributed by atoms with Crippen molar-refractivity contribution in [1.29, 1.82) is 0 Å². The molecule has 2 aromatic rings. The molecule has 0 unspecified atom stereocenters. The minimum Gasteiger partial charge on any atom is -0.381 e. The van der Waals surface area contributed by atoms with Crippen molar-refractivity contribution in [3.05, 3.63) is 46.4 Å². The number of hydrogen-bond acceptors (Lipinski definition) is 3. The highest BCUT2D eigenvalue weighted by Crippen LogP contribution is 2.26. The molecule has 0 bridgehead atoms. The molecular weight excluding hydrogens is 292 g/mol.